The molecule has 0 N–H and O–H groups in total. The summed E-state index contributed by atoms with van der Waals surface area (Å²) >= 11 is 0. The topological polar surface area (TPSA) is 60.5 Å². The molecule has 6 heteroatoms. The van der Waals surface area contributed by atoms with Gasteiger partial charge in [0, 0.05) is 31.4 Å². The summed E-state index contributed by atoms with van der Waals surface area (Å²) in [4.78, 5) is 14.6. The number of nitrogens with zero attached hydrogens (tertiary/aromatic N) is 3. The van der Waals surface area contributed by atoms with Gasteiger partial charge in [0.25, 0.3) is 5.91 Å². The van der Waals surface area contributed by atoms with Crippen LogP contribution in [0.25, 0.3) is 0 Å². The van der Waals surface area contributed by atoms with E-state index in [0.717, 1.165) is 40.4 Å². The Kier molecular flexibility index (Phi) is 6.88. The molecule has 1 amide bonds. The van der Waals surface area contributed by atoms with Crippen LogP contribution in [0.5, 0.6) is 5.75 Å². The molecule has 0 spiro atoms. The first kappa shape index (κ1) is 22.7. The van der Waals surface area contributed by atoms with Gasteiger partial charge in [-0.25, -0.2) is 0 Å². The number of benzene rings is 1. The fourth-order valence-electron chi connectivity index (χ4n) is 3.73. The minimum absolute atomic E-state index is 0.160. The molecule has 2 heterocycles. The van der Waals surface area contributed by atoms with E-state index in [4.69, 9.17) is 9.15 Å². The highest BCUT2D eigenvalue weighted by Crippen LogP contribution is 2.28. The van der Waals surface area contributed by atoms with Gasteiger partial charge in [-0.2, -0.15) is 5.10 Å². The van der Waals surface area contributed by atoms with Crippen molar-refractivity contribution in [2.24, 2.45) is 0 Å². The first-order chi connectivity index (χ1) is 14.7. The third kappa shape index (κ3) is 5.01. The Hall–Kier alpha value is -3.02. The lowest BCUT2D eigenvalue weighted by atomic mass is 10.0. The summed E-state index contributed by atoms with van der Waals surface area (Å²) in [7, 11) is 1.78. The number of carbonyl (C=O) groups is 1. The molecule has 1 aromatic carbocycles. The van der Waals surface area contributed by atoms with Crippen LogP contribution in [0.1, 0.15) is 71.1 Å². The molecule has 3 aromatic rings. The van der Waals surface area contributed by atoms with Gasteiger partial charge in [-0.1, -0.05) is 26.0 Å². The fourth-order valence-corrected chi connectivity index (χ4v) is 3.73. The highest BCUT2D eigenvalue weighted by Gasteiger charge is 2.20. The molecule has 0 aliphatic heterocycles. The molecule has 0 aliphatic rings. The van der Waals surface area contributed by atoms with Gasteiger partial charge in [0.15, 0.2) is 5.76 Å². The second kappa shape index (κ2) is 9.41. The van der Waals surface area contributed by atoms with Crippen molar-refractivity contribution in [2.45, 2.75) is 67.2 Å². The van der Waals surface area contributed by atoms with Gasteiger partial charge in [-0.05, 0) is 62.9 Å². The molecule has 0 saturated heterocycles. The zero-order chi connectivity index (χ0) is 22.7. The van der Waals surface area contributed by atoms with E-state index in [1.807, 2.05) is 31.5 Å². The molecule has 6 nitrogen and oxygen atoms in total. The highest BCUT2D eigenvalue weighted by molar-refractivity contribution is 5.91. The molecule has 166 valence electrons. The van der Waals surface area contributed by atoms with Crippen LogP contribution < -0.4 is 4.74 Å². The van der Waals surface area contributed by atoms with E-state index < -0.39 is 0 Å². The molecule has 0 radical (unpaired) electrons. The quantitative estimate of drug-likeness (QED) is 0.487. The van der Waals surface area contributed by atoms with Gasteiger partial charge >= 0.3 is 0 Å². The number of carbonyl (C=O) groups excluding carboxylic acids is 1. The predicted molar refractivity (Wildman–Crippen MR) is 121 cm³/mol. The van der Waals surface area contributed by atoms with Crippen LogP contribution >= 0.6 is 0 Å². The van der Waals surface area contributed by atoms with Crippen molar-refractivity contribution in [1.29, 1.82) is 0 Å². The van der Waals surface area contributed by atoms with Gasteiger partial charge < -0.3 is 14.1 Å². The van der Waals surface area contributed by atoms with Crippen LogP contribution in [0, 0.1) is 20.8 Å². The lowest BCUT2D eigenvalue weighted by Crippen LogP contribution is -2.26. The molecule has 2 aromatic heterocycles. The van der Waals surface area contributed by atoms with Gasteiger partial charge in [0.2, 0.25) is 0 Å². The minimum atomic E-state index is -0.160. The molecule has 3 rings (SSSR count). The van der Waals surface area contributed by atoms with E-state index in [1.54, 1.807) is 24.1 Å². The Morgan fingerprint density at radius 3 is 2.58 bits per heavy atom. The van der Waals surface area contributed by atoms with E-state index >= 15 is 0 Å². The van der Waals surface area contributed by atoms with Gasteiger partial charge in [0.1, 0.15) is 18.1 Å². The average molecular weight is 424 g/mol. The van der Waals surface area contributed by atoms with E-state index in [9.17, 15) is 4.79 Å². The van der Waals surface area contributed by atoms with E-state index in [1.165, 1.54) is 0 Å². The molecule has 0 fully saturated rings. The maximum atomic E-state index is 12.9. The van der Waals surface area contributed by atoms with E-state index in [0.29, 0.717) is 24.0 Å². The summed E-state index contributed by atoms with van der Waals surface area (Å²) in [6.45, 7) is 14.0. The zero-order valence-electron chi connectivity index (χ0n) is 19.7. The summed E-state index contributed by atoms with van der Waals surface area (Å²) in [5.41, 5.74) is 5.42. The molecule has 0 saturated carbocycles. The lowest BCUT2D eigenvalue weighted by Gasteiger charge is -2.16. The van der Waals surface area contributed by atoms with Crippen molar-refractivity contribution < 1.29 is 13.9 Å². The lowest BCUT2D eigenvalue weighted by molar-refractivity contribution is 0.0749. The van der Waals surface area contributed by atoms with Crippen LogP contribution in [0.4, 0.5) is 0 Å². The monoisotopic (exact) mass is 423 g/mol. The second-order valence-corrected chi connectivity index (χ2v) is 8.38. The largest absolute Gasteiger partial charge is 0.485 e. The van der Waals surface area contributed by atoms with Crippen LogP contribution in [0.15, 0.2) is 34.7 Å². The first-order valence-electron chi connectivity index (χ1n) is 10.8. The standard InChI is InChI=1S/C25H33N3O3/c1-8-28-19(6)22(18(5)26-28)14-27(7)25(29)23-12-10-20(31-23)15-30-24-13-17(4)9-11-21(24)16(2)3/h9-13,16H,8,14-15H2,1-7H3. The number of furan rings is 1. The normalized spacial score (nSPS) is 11.2. The number of aromatic nitrogens is 2. The van der Waals surface area contributed by atoms with Crippen molar-refractivity contribution in [2.75, 3.05) is 7.05 Å². The van der Waals surface area contributed by atoms with Crippen molar-refractivity contribution >= 4 is 5.91 Å². The van der Waals surface area contributed by atoms with Crippen LogP contribution in [0.2, 0.25) is 0 Å². The predicted octanol–water partition coefficient (Wildman–Crippen LogP) is 5.40. The summed E-state index contributed by atoms with van der Waals surface area (Å²) < 4.78 is 13.8. The molecule has 0 atom stereocenters. The number of rotatable bonds is 8. The van der Waals surface area contributed by atoms with Crippen molar-refractivity contribution in [1.82, 2.24) is 14.7 Å². The highest BCUT2D eigenvalue weighted by atomic mass is 16.5. The Morgan fingerprint density at radius 1 is 1.19 bits per heavy atom. The fraction of sp³-hybridized carbons (Fsp3) is 0.440. The molecular weight excluding hydrogens is 390 g/mol. The first-order valence-corrected chi connectivity index (χ1v) is 10.8. The number of hydrogen-bond acceptors (Lipinski definition) is 4. The number of amides is 1. The Balaban J connectivity index is 1.67. The summed E-state index contributed by atoms with van der Waals surface area (Å²) in [5.74, 6) is 2.00. The Bertz CT molecular complexity index is 1060. The Labute approximate surface area is 184 Å². The maximum absolute atomic E-state index is 12.9. The minimum Gasteiger partial charge on any atom is -0.485 e. The average Bonchev–Trinajstić information content (AvgIpc) is 3.31. The third-order valence-corrected chi connectivity index (χ3v) is 5.61. The van der Waals surface area contributed by atoms with Crippen LogP contribution in [-0.4, -0.2) is 27.6 Å². The SMILES string of the molecule is CCn1nc(C)c(CN(C)C(=O)c2ccc(COc3cc(C)ccc3C(C)C)o2)c1C. The third-order valence-electron chi connectivity index (χ3n) is 5.61. The van der Waals surface area contributed by atoms with Gasteiger partial charge in [0.05, 0.1) is 5.69 Å². The summed E-state index contributed by atoms with van der Waals surface area (Å²) in [5, 5.41) is 4.54. The maximum Gasteiger partial charge on any atom is 0.289 e. The smallest absolute Gasteiger partial charge is 0.289 e. The molecule has 0 aliphatic carbocycles. The van der Waals surface area contributed by atoms with E-state index in [2.05, 4.69) is 38.0 Å². The summed E-state index contributed by atoms with van der Waals surface area (Å²) in [6.07, 6.45) is 0. The number of aryl methyl sites for hydroxylation is 3. The van der Waals surface area contributed by atoms with Crippen molar-refractivity contribution in [3.05, 3.63) is 69.9 Å². The molecule has 0 unspecified atom stereocenters. The van der Waals surface area contributed by atoms with E-state index in [-0.39, 0.29) is 12.5 Å². The molecule has 0 bridgehead atoms. The summed E-state index contributed by atoms with van der Waals surface area (Å²) in [6, 6.07) is 9.75. The van der Waals surface area contributed by atoms with Crippen LogP contribution in [0.3, 0.4) is 0 Å². The second-order valence-electron chi connectivity index (χ2n) is 8.38. The van der Waals surface area contributed by atoms with Gasteiger partial charge in [-0.3, -0.25) is 9.48 Å². The molecular formula is C25H33N3O3. The number of ether oxygens (including phenoxy) is 1. The molecule has 31 heavy (non-hydrogen) atoms. The van der Waals surface area contributed by atoms with Crippen LogP contribution in [-0.2, 0) is 19.7 Å². The van der Waals surface area contributed by atoms with Gasteiger partial charge in [-0.15, -0.1) is 0 Å². The number of hydrogen-bond donors (Lipinski definition) is 0. The van der Waals surface area contributed by atoms with Crippen molar-refractivity contribution in [3.8, 4) is 5.75 Å². The van der Waals surface area contributed by atoms with Crippen molar-refractivity contribution in [3.63, 3.8) is 0 Å². The zero-order valence-corrected chi connectivity index (χ0v) is 19.7. The Morgan fingerprint density at radius 2 is 1.94 bits per heavy atom.